The zero-order chi connectivity index (χ0) is 19.6. The second-order valence-corrected chi connectivity index (χ2v) is 6.79. The first-order valence-electron chi connectivity index (χ1n) is 9.63. The molecule has 1 unspecified atom stereocenters. The first-order valence-corrected chi connectivity index (χ1v) is 9.63. The van der Waals surface area contributed by atoms with Crippen molar-refractivity contribution in [2.45, 2.75) is 32.3 Å². The predicted molar refractivity (Wildman–Crippen MR) is 107 cm³/mol. The van der Waals surface area contributed by atoms with Crippen molar-refractivity contribution in [2.75, 3.05) is 40.3 Å². The van der Waals surface area contributed by atoms with Crippen LogP contribution in [-0.4, -0.2) is 62.2 Å². The van der Waals surface area contributed by atoms with E-state index < -0.39 is 6.10 Å². The van der Waals surface area contributed by atoms with Crippen LogP contribution in [0.5, 0.6) is 5.75 Å². The van der Waals surface area contributed by atoms with Crippen LogP contribution in [0.2, 0.25) is 0 Å². The number of carbonyl (C=O) groups is 1. The summed E-state index contributed by atoms with van der Waals surface area (Å²) in [5.74, 6) is 2.12. The molecule has 1 fully saturated rings. The molecule has 150 valence electrons. The molecule has 27 heavy (non-hydrogen) atoms. The second-order valence-electron chi connectivity index (χ2n) is 6.79. The molecule has 1 amide bonds. The Morgan fingerprint density at radius 2 is 2.00 bits per heavy atom. The monoisotopic (exact) mass is 376 g/mol. The molecule has 1 aliphatic rings. The molecule has 0 spiro atoms. The van der Waals surface area contributed by atoms with E-state index in [2.05, 4.69) is 20.5 Å². The minimum atomic E-state index is -0.657. The summed E-state index contributed by atoms with van der Waals surface area (Å²) in [5, 5.41) is 16.4. The van der Waals surface area contributed by atoms with Gasteiger partial charge in [0.2, 0.25) is 5.91 Å². The Morgan fingerprint density at radius 3 is 2.56 bits per heavy atom. The highest BCUT2D eigenvalue weighted by Gasteiger charge is 2.23. The first-order chi connectivity index (χ1) is 13.1. The molecule has 1 aromatic carbocycles. The van der Waals surface area contributed by atoms with Crippen molar-refractivity contribution in [2.24, 2.45) is 10.9 Å². The molecule has 7 nitrogen and oxygen atoms in total. The molecule has 0 aliphatic carbocycles. The highest BCUT2D eigenvalue weighted by Crippen LogP contribution is 2.21. The lowest BCUT2D eigenvalue weighted by atomic mass is 9.93. The number of guanidine groups is 1. The zero-order valence-electron chi connectivity index (χ0n) is 16.6. The van der Waals surface area contributed by atoms with Gasteiger partial charge in [-0.3, -0.25) is 9.79 Å². The summed E-state index contributed by atoms with van der Waals surface area (Å²) in [6, 6.07) is 7.39. The van der Waals surface area contributed by atoms with Gasteiger partial charge in [-0.1, -0.05) is 12.1 Å². The van der Waals surface area contributed by atoms with Crippen LogP contribution in [-0.2, 0) is 4.79 Å². The number of rotatable bonds is 7. The molecule has 1 aromatic rings. The number of benzene rings is 1. The van der Waals surface area contributed by atoms with Gasteiger partial charge in [-0.25, -0.2) is 0 Å². The third-order valence-electron chi connectivity index (χ3n) is 4.92. The van der Waals surface area contributed by atoms with Crippen LogP contribution in [0.4, 0.5) is 0 Å². The smallest absolute Gasteiger partial charge is 0.220 e. The minimum Gasteiger partial charge on any atom is -0.497 e. The lowest BCUT2D eigenvalue weighted by Gasteiger charge is -2.34. The van der Waals surface area contributed by atoms with Crippen molar-refractivity contribution in [3.05, 3.63) is 29.8 Å². The fourth-order valence-corrected chi connectivity index (χ4v) is 3.24. The van der Waals surface area contributed by atoms with Gasteiger partial charge in [0, 0.05) is 33.1 Å². The topological polar surface area (TPSA) is 86.2 Å². The Balaban J connectivity index is 1.92. The standard InChI is InChI=1S/C20H32N4O3/c1-4-22-20(24-11-9-15(10-12-24)13-19(26)21-2)23-14-18(25)16-5-7-17(27-3)8-6-16/h5-8,15,18,25H,4,9-14H2,1-3H3,(H,21,26)(H,22,23). The Bertz CT molecular complexity index is 610. The van der Waals surface area contributed by atoms with Crippen LogP contribution in [0, 0.1) is 5.92 Å². The van der Waals surface area contributed by atoms with Crippen LogP contribution in [0.3, 0.4) is 0 Å². The number of hydrogen-bond donors (Lipinski definition) is 3. The number of nitrogens with one attached hydrogen (secondary N) is 2. The first kappa shape index (κ1) is 21.0. The largest absolute Gasteiger partial charge is 0.497 e. The van der Waals surface area contributed by atoms with Crippen molar-refractivity contribution in [1.29, 1.82) is 0 Å². The van der Waals surface area contributed by atoms with Gasteiger partial charge in [0.25, 0.3) is 0 Å². The molecular formula is C20H32N4O3. The van der Waals surface area contributed by atoms with E-state index in [0.717, 1.165) is 49.7 Å². The summed E-state index contributed by atoms with van der Waals surface area (Å²) in [4.78, 5) is 18.4. The van der Waals surface area contributed by atoms with Crippen LogP contribution < -0.4 is 15.4 Å². The summed E-state index contributed by atoms with van der Waals surface area (Å²) in [7, 11) is 3.30. The molecule has 7 heteroatoms. The molecule has 1 heterocycles. The minimum absolute atomic E-state index is 0.108. The molecule has 2 rings (SSSR count). The van der Waals surface area contributed by atoms with Crippen LogP contribution in [0.1, 0.15) is 37.9 Å². The summed E-state index contributed by atoms with van der Waals surface area (Å²) in [6.07, 6.45) is 1.88. The Kier molecular flexibility index (Phi) is 8.39. The molecule has 0 bridgehead atoms. The zero-order valence-corrected chi connectivity index (χ0v) is 16.6. The second kappa shape index (κ2) is 10.8. The van der Waals surface area contributed by atoms with Gasteiger partial charge in [-0.2, -0.15) is 0 Å². The van der Waals surface area contributed by atoms with Crippen LogP contribution >= 0.6 is 0 Å². The number of ether oxygens (including phenoxy) is 1. The number of likely N-dealkylation sites (tertiary alicyclic amines) is 1. The maximum Gasteiger partial charge on any atom is 0.220 e. The highest BCUT2D eigenvalue weighted by atomic mass is 16.5. The quantitative estimate of drug-likeness (QED) is 0.496. The van der Waals surface area contributed by atoms with Crippen molar-refractivity contribution in [3.8, 4) is 5.75 Å². The van der Waals surface area contributed by atoms with Crippen molar-refractivity contribution in [3.63, 3.8) is 0 Å². The highest BCUT2D eigenvalue weighted by molar-refractivity contribution is 5.80. The summed E-state index contributed by atoms with van der Waals surface area (Å²) < 4.78 is 5.15. The number of aliphatic imine (C=N–C) groups is 1. The number of piperidine rings is 1. The molecule has 3 N–H and O–H groups in total. The number of carbonyl (C=O) groups excluding carboxylic acids is 1. The van der Waals surface area contributed by atoms with E-state index in [9.17, 15) is 9.90 Å². The molecule has 1 atom stereocenters. The van der Waals surface area contributed by atoms with E-state index in [0.29, 0.717) is 18.9 Å². The van der Waals surface area contributed by atoms with Gasteiger partial charge in [0.1, 0.15) is 5.75 Å². The van der Waals surface area contributed by atoms with Gasteiger partial charge in [0.05, 0.1) is 19.8 Å². The third-order valence-corrected chi connectivity index (χ3v) is 4.92. The van der Waals surface area contributed by atoms with Crippen LogP contribution in [0.15, 0.2) is 29.3 Å². The Morgan fingerprint density at radius 1 is 1.33 bits per heavy atom. The molecule has 0 aromatic heterocycles. The number of hydrogen-bond acceptors (Lipinski definition) is 4. The average Bonchev–Trinajstić information content (AvgIpc) is 2.71. The molecule has 0 radical (unpaired) electrons. The van der Waals surface area contributed by atoms with E-state index in [1.807, 2.05) is 31.2 Å². The van der Waals surface area contributed by atoms with Gasteiger partial charge in [0.15, 0.2) is 5.96 Å². The van der Waals surface area contributed by atoms with E-state index in [1.54, 1.807) is 14.2 Å². The van der Waals surface area contributed by atoms with E-state index in [4.69, 9.17) is 4.74 Å². The molecular weight excluding hydrogens is 344 g/mol. The van der Waals surface area contributed by atoms with Gasteiger partial charge >= 0.3 is 0 Å². The summed E-state index contributed by atoms with van der Waals surface area (Å²) in [5.41, 5.74) is 0.819. The number of amides is 1. The number of methoxy groups -OCH3 is 1. The van der Waals surface area contributed by atoms with Crippen molar-refractivity contribution >= 4 is 11.9 Å². The van der Waals surface area contributed by atoms with E-state index >= 15 is 0 Å². The maximum absolute atomic E-state index is 11.6. The third kappa shape index (κ3) is 6.43. The summed E-state index contributed by atoms with van der Waals surface area (Å²) >= 11 is 0. The van der Waals surface area contributed by atoms with E-state index in [1.165, 1.54) is 0 Å². The molecule has 1 aliphatic heterocycles. The normalized spacial score (nSPS) is 16.7. The Hall–Kier alpha value is -2.28. The van der Waals surface area contributed by atoms with Crippen molar-refractivity contribution in [1.82, 2.24) is 15.5 Å². The number of nitrogens with zero attached hydrogens (tertiary/aromatic N) is 2. The van der Waals surface area contributed by atoms with Crippen LogP contribution in [0.25, 0.3) is 0 Å². The fraction of sp³-hybridized carbons (Fsp3) is 0.600. The average molecular weight is 377 g/mol. The lowest BCUT2D eigenvalue weighted by molar-refractivity contribution is -0.121. The fourth-order valence-electron chi connectivity index (χ4n) is 3.24. The predicted octanol–water partition coefficient (Wildman–Crippen LogP) is 1.54. The van der Waals surface area contributed by atoms with E-state index in [-0.39, 0.29) is 5.91 Å². The Labute approximate surface area is 161 Å². The van der Waals surface area contributed by atoms with Gasteiger partial charge < -0.3 is 25.4 Å². The lowest BCUT2D eigenvalue weighted by Crippen LogP contribution is -2.46. The molecule has 0 saturated carbocycles. The van der Waals surface area contributed by atoms with Gasteiger partial charge in [-0.15, -0.1) is 0 Å². The SMILES string of the molecule is CCNC(=NCC(O)c1ccc(OC)cc1)N1CCC(CC(=O)NC)CC1. The van der Waals surface area contributed by atoms with Gasteiger partial charge in [-0.05, 0) is 43.4 Å². The number of aliphatic hydroxyl groups excluding tert-OH is 1. The van der Waals surface area contributed by atoms with Crippen molar-refractivity contribution < 1.29 is 14.6 Å². The molecule has 1 saturated heterocycles. The maximum atomic E-state index is 11.6. The summed E-state index contributed by atoms with van der Waals surface area (Å²) in [6.45, 7) is 4.84. The number of aliphatic hydroxyl groups is 1.